The van der Waals surface area contributed by atoms with E-state index in [9.17, 15) is 0 Å². The zero-order valence-electron chi connectivity index (χ0n) is 5.95. The second-order valence-corrected chi connectivity index (χ2v) is 3.31. The molecule has 1 rings (SSSR count). The van der Waals surface area contributed by atoms with Gasteiger partial charge in [-0.15, -0.1) is 9.24 Å². The van der Waals surface area contributed by atoms with Crippen molar-refractivity contribution in [2.75, 3.05) is 0 Å². The highest BCUT2D eigenvalue weighted by Gasteiger charge is 1.91. The third-order valence-electron chi connectivity index (χ3n) is 1.32. The van der Waals surface area contributed by atoms with Gasteiger partial charge < -0.3 is 0 Å². The molecule has 0 aliphatic carbocycles. The van der Waals surface area contributed by atoms with Crippen molar-refractivity contribution in [1.29, 1.82) is 5.26 Å². The lowest BCUT2D eigenvalue weighted by molar-refractivity contribution is 1.35. The Labute approximate surface area is 73.0 Å². The summed E-state index contributed by atoms with van der Waals surface area (Å²) < 4.78 is 0. The monoisotopic (exact) mass is 181 g/mol. The van der Waals surface area contributed by atoms with Crippen LogP contribution in [0, 0.1) is 10.7 Å². The third kappa shape index (κ3) is 2.54. The SMILES string of the molecule is N#CSc1ccc(CP)cc1. The topological polar surface area (TPSA) is 23.8 Å². The van der Waals surface area contributed by atoms with Crippen molar-refractivity contribution < 1.29 is 0 Å². The first-order valence-corrected chi connectivity index (χ1v) is 4.85. The van der Waals surface area contributed by atoms with Gasteiger partial charge in [-0.1, -0.05) is 12.1 Å². The minimum Gasteiger partial charge on any atom is -0.185 e. The number of hydrogen-bond donors (Lipinski definition) is 0. The Kier molecular flexibility index (Phi) is 3.42. The predicted octanol–water partition coefficient (Wildman–Crippen LogP) is 2.63. The molecule has 11 heavy (non-hydrogen) atoms. The minimum atomic E-state index is 0.970. The maximum atomic E-state index is 8.36. The fraction of sp³-hybridized carbons (Fsp3) is 0.125. The van der Waals surface area contributed by atoms with Crippen LogP contribution in [-0.4, -0.2) is 0 Å². The maximum absolute atomic E-state index is 8.36. The van der Waals surface area contributed by atoms with E-state index in [1.165, 1.54) is 17.3 Å². The van der Waals surface area contributed by atoms with Crippen LogP contribution in [0.25, 0.3) is 0 Å². The first-order chi connectivity index (χ1) is 5.36. The molecule has 1 nitrogen and oxygen atoms in total. The smallest absolute Gasteiger partial charge is 0.138 e. The molecule has 1 unspecified atom stereocenters. The molecule has 0 saturated heterocycles. The second kappa shape index (κ2) is 4.38. The van der Waals surface area contributed by atoms with Gasteiger partial charge in [-0.2, -0.15) is 5.26 Å². The van der Waals surface area contributed by atoms with Gasteiger partial charge >= 0.3 is 0 Å². The molecule has 0 bridgehead atoms. The molecule has 0 fully saturated rings. The molecule has 0 spiro atoms. The highest BCUT2D eigenvalue weighted by molar-refractivity contribution is 8.03. The average Bonchev–Trinajstić information content (AvgIpc) is 2.07. The van der Waals surface area contributed by atoms with E-state index in [0.29, 0.717) is 0 Å². The lowest BCUT2D eigenvalue weighted by atomic mass is 10.2. The van der Waals surface area contributed by atoms with E-state index < -0.39 is 0 Å². The van der Waals surface area contributed by atoms with Crippen LogP contribution in [0.1, 0.15) is 5.56 Å². The summed E-state index contributed by atoms with van der Waals surface area (Å²) >= 11 is 1.19. The largest absolute Gasteiger partial charge is 0.185 e. The van der Waals surface area contributed by atoms with Crippen LogP contribution >= 0.6 is 21.0 Å². The van der Waals surface area contributed by atoms with E-state index in [1.54, 1.807) is 0 Å². The Morgan fingerprint density at radius 2 is 2.00 bits per heavy atom. The van der Waals surface area contributed by atoms with Gasteiger partial charge in [0.05, 0.1) is 0 Å². The number of nitrogens with zero attached hydrogens (tertiary/aromatic N) is 1. The normalized spacial score (nSPS) is 9.09. The molecule has 3 heteroatoms. The maximum Gasteiger partial charge on any atom is 0.138 e. The molecule has 0 aliphatic rings. The van der Waals surface area contributed by atoms with E-state index >= 15 is 0 Å². The lowest BCUT2D eigenvalue weighted by Crippen LogP contribution is -1.75. The Morgan fingerprint density at radius 3 is 2.45 bits per heavy atom. The number of rotatable bonds is 2. The molecule has 0 N–H and O–H groups in total. The molecular weight excluding hydrogens is 173 g/mol. The van der Waals surface area contributed by atoms with Crippen molar-refractivity contribution >= 4 is 21.0 Å². The van der Waals surface area contributed by atoms with Gasteiger partial charge in [-0.05, 0) is 35.6 Å². The Bertz CT molecular complexity index is 262. The van der Waals surface area contributed by atoms with E-state index in [1.807, 2.05) is 29.7 Å². The standard InChI is InChI=1S/C8H8NPS/c9-6-11-8-3-1-7(5-10)2-4-8/h1-4H,5,10H2. The summed E-state index contributed by atoms with van der Waals surface area (Å²) in [5, 5.41) is 10.4. The van der Waals surface area contributed by atoms with Gasteiger partial charge in [0.25, 0.3) is 0 Å². The Hall–Kier alpha value is -0.510. The minimum absolute atomic E-state index is 0.970. The van der Waals surface area contributed by atoms with Gasteiger partial charge in [0.2, 0.25) is 0 Å². The van der Waals surface area contributed by atoms with E-state index in [2.05, 4.69) is 9.24 Å². The average molecular weight is 181 g/mol. The molecular formula is C8H8NPS. The van der Waals surface area contributed by atoms with Crippen LogP contribution in [0.2, 0.25) is 0 Å². The van der Waals surface area contributed by atoms with Crippen molar-refractivity contribution in [2.24, 2.45) is 0 Å². The van der Waals surface area contributed by atoms with Crippen LogP contribution in [0.3, 0.4) is 0 Å². The van der Waals surface area contributed by atoms with E-state index in [4.69, 9.17) is 5.26 Å². The number of thioether (sulfide) groups is 1. The molecule has 1 aromatic carbocycles. The van der Waals surface area contributed by atoms with Crippen LogP contribution in [-0.2, 0) is 6.16 Å². The van der Waals surface area contributed by atoms with Crippen molar-refractivity contribution in [2.45, 2.75) is 11.1 Å². The third-order valence-corrected chi connectivity index (χ3v) is 2.39. The summed E-state index contributed by atoms with van der Waals surface area (Å²) in [5.74, 6) is 0. The fourth-order valence-electron chi connectivity index (χ4n) is 0.746. The zero-order chi connectivity index (χ0) is 8.10. The molecule has 0 heterocycles. The van der Waals surface area contributed by atoms with Gasteiger partial charge in [-0.25, -0.2) is 0 Å². The second-order valence-electron chi connectivity index (χ2n) is 2.04. The lowest BCUT2D eigenvalue weighted by Gasteiger charge is -1.95. The Morgan fingerprint density at radius 1 is 1.36 bits per heavy atom. The summed E-state index contributed by atoms with van der Waals surface area (Å²) in [6.45, 7) is 0. The number of thiocyanates is 1. The Balaban J connectivity index is 2.76. The van der Waals surface area contributed by atoms with E-state index in [-0.39, 0.29) is 0 Å². The van der Waals surface area contributed by atoms with Crippen LogP contribution in [0.4, 0.5) is 0 Å². The number of benzene rings is 1. The predicted molar refractivity (Wildman–Crippen MR) is 51.3 cm³/mol. The summed E-state index contributed by atoms with van der Waals surface area (Å²) in [6.07, 6.45) is 0.970. The fourth-order valence-corrected chi connectivity index (χ4v) is 1.40. The summed E-state index contributed by atoms with van der Waals surface area (Å²) in [7, 11) is 2.66. The number of hydrogen-bond acceptors (Lipinski definition) is 2. The van der Waals surface area contributed by atoms with Crippen molar-refractivity contribution in [3.63, 3.8) is 0 Å². The van der Waals surface area contributed by atoms with Gasteiger partial charge in [0.15, 0.2) is 0 Å². The molecule has 1 atom stereocenters. The van der Waals surface area contributed by atoms with Crippen molar-refractivity contribution in [1.82, 2.24) is 0 Å². The molecule has 0 amide bonds. The molecule has 1 aromatic rings. The zero-order valence-corrected chi connectivity index (χ0v) is 7.92. The van der Waals surface area contributed by atoms with Crippen molar-refractivity contribution in [3.8, 4) is 5.40 Å². The van der Waals surface area contributed by atoms with E-state index in [0.717, 1.165) is 11.1 Å². The quantitative estimate of drug-likeness (QED) is 0.398. The molecule has 56 valence electrons. The van der Waals surface area contributed by atoms with Crippen LogP contribution in [0.15, 0.2) is 29.2 Å². The van der Waals surface area contributed by atoms with Gasteiger partial charge in [0, 0.05) is 4.90 Å². The van der Waals surface area contributed by atoms with Gasteiger partial charge in [-0.3, -0.25) is 0 Å². The highest BCUT2D eigenvalue weighted by Crippen LogP contribution is 2.17. The first-order valence-electron chi connectivity index (χ1n) is 3.22. The summed E-state index contributed by atoms with van der Waals surface area (Å²) in [5.41, 5.74) is 1.28. The summed E-state index contributed by atoms with van der Waals surface area (Å²) in [6, 6.07) is 8.00. The molecule has 0 aliphatic heterocycles. The molecule has 0 aromatic heterocycles. The van der Waals surface area contributed by atoms with Crippen LogP contribution < -0.4 is 0 Å². The van der Waals surface area contributed by atoms with Gasteiger partial charge in [0.1, 0.15) is 5.40 Å². The molecule has 0 radical (unpaired) electrons. The highest BCUT2D eigenvalue weighted by atomic mass is 32.2. The molecule has 0 saturated carbocycles. The first kappa shape index (κ1) is 8.59. The summed E-state index contributed by atoms with van der Waals surface area (Å²) in [4.78, 5) is 1.01. The number of nitriles is 1. The van der Waals surface area contributed by atoms with Crippen LogP contribution in [0.5, 0.6) is 0 Å². The van der Waals surface area contributed by atoms with Crippen molar-refractivity contribution in [3.05, 3.63) is 29.8 Å².